The number of rotatable bonds is 5. The van der Waals surface area contributed by atoms with E-state index in [0.29, 0.717) is 25.1 Å². The van der Waals surface area contributed by atoms with Crippen LogP contribution >= 0.6 is 0 Å². The van der Waals surface area contributed by atoms with Gasteiger partial charge >= 0.3 is 0 Å². The van der Waals surface area contributed by atoms with Crippen molar-refractivity contribution in [2.45, 2.75) is 11.4 Å². The van der Waals surface area contributed by atoms with Crippen LogP contribution in [0.5, 0.6) is 0 Å². The zero-order valence-corrected chi connectivity index (χ0v) is 16.7. The third-order valence-electron chi connectivity index (χ3n) is 4.57. The predicted molar refractivity (Wildman–Crippen MR) is 105 cm³/mol. The summed E-state index contributed by atoms with van der Waals surface area (Å²) < 4.78 is 28.3. The first kappa shape index (κ1) is 20.7. The summed E-state index contributed by atoms with van der Waals surface area (Å²) in [6.45, 7) is 1.22. The molecule has 0 unspecified atom stereocenters. The number of amides is 1. The molecule has 1 fully saturated rings. The first-order chi connectivity index (χ1) is 13.8. The SMILES string of the molecule is Cn1cnc(S(=O)(=O)N2CCCN(C(=O)/C=C/c3ccc([N+](=O)[O-])cc3)CC2)c1. The van der Waals surface area contributed by atoms with Crippen molar-refractivity contribution in [3.8, 4) is 0 Å². The van der Waals surface area contributed by atoms with Crippen LogP contribution in [0.2, 0.25) is 0 Å². The predicted octanol–water partition coefficient (Wildman–Crippen LogP) is 1.26. The molecule has 1 aliphatic rings. The molecule has 2 heterocycles. The summed E-state index contributed by atoms with van der Waals surface area (Å²) in [4.78, 5) is 28.2. The average Bonchev–Trinajstić information content (AvgIpc) is 2.99. The van der Waals surface area contributed by atoms with E-state index in [1.807, 2.05) is 0 Å². The van der Waals surface area contributed by atoms with Crippen molar-refractivity contribution in [3.05, 3.63) is 58.5 Å². The molecule has 2 aromatic rings. The van der Waals surface area contributed by atoms with E-state index in [1.165, 1.54) is 35.0 Å². The van der Waals surface area contributed by atoms with Gasteiger partial charge < -0.3 is 9.47 Å². The van der Waals surface area contributed by atoms with E-state index in [4.69, 9.17) is 0 Å². The second-order valence-corrected chi connectivity index (χ2v) is 8.53. The Balaban J connectivity index is 1.62. The van der Waals surface area contributed by atoms with Gasteiger partial charge in [-0.3, -0.25) is 14.9 Å². The molecule has 1 aliphatic heterocycles. The molecule has 0 spiro atoms. The molecule has 0 aliphatic carbocycles. The van der Waals surface area contributed by atoms with Crippen molar-refractivity contribution in [2.75, 3.05) is 26.2 Å². The van der Waals surface area contributed by atoms with Crippen LogP contribution in [0.1, 0.15) is 12.0 Å². The smallest absolute Gasteiger partial charge is 0.269 e. The van der Waals surface area contributed by atoms with Gasteiger partial charge in [0.05, 0.1) is 11.3 Å². The second kappa shape index (κ2) is 8.53. The molecule has 0 radical (unpaired) electrons. The summed E-state index contributed by atoms with van der Waals surface area (Å²) in [5, 5.41) is 10.7. The third-order valence-corrected chi connectivity index (χ3v) is 6.36. The van der Waals surface area contributed by atoms with Gasteiger partial charge in [0.1, 0.15) is 0 Å². The fraction of sp³-hybridized carbons (Fsp3) is 0.333. The highest BCUT2D eigenvalue weighted by atomic mass is 32.2. The molecule has 1 saturated heterocycles. The number of imidazole rings is 1. The van der Waals surface area contributed by atoms with Gasteiger partial charge in [-0.15, -0.1) is 0 Å². The molecule has 1 aromatic carbocycles. The maximum atomic E-state index is 12.7. The van der Waals surface area contributed by atoms with Gasteiger partial charge in [-0.25, -0.2) is 13.4 Å². The standard InChI is InChI=1S/C18H21N5O5S/c1-20-13-17(19-14-20)29(27,28)22-10-2-9-21(11-12-22)18(24)8-5-15-3-6-16(7-4-15)23(25)26/h3-8,13-14H,2,9-12H2,1H3/b8-5+. The van der Waals surface area contributed by atoms with E-state index in [9.17, 15) is 23.3 Å². The summed E-state index contributed by atoms with van der Waals surface area (Å²) >= 11 is 0. The van der Waals surface area contributed by atoms with Crippen LogP contribution in [0.15, 0.2) is 47.9 Å². The van der Waals surface area contributed by atoms with Gasteiger partial charge in [0.25, 0.3) is 15.7 Å². The number of hydrogen-bond donors (Lipinski definition) is 0. The highest BCUT2D eigenvalue weighted by molar-refractivity contribution is 7.89. The highest BCUT2D eigenvalue weighted by Gasteiger charge is 2.29. The zero-order chi connectivity index (χ0) is 21.0. The van der Waals surface area contributed by atoms with Gasteiger partial charge in [-0.2, -0.15) is 4.31 Å². The first-order valence-corrected chi connectivity index (χ1v) is 10.4. The minimum atomic E-state index is -3.69. The van der Waals surface area contributed by atoms with Gasteiger partial charge in [0.15, 0.2) is 5.03 Å². The molecule has 1 amide bonds. The van der Waals surface area contributed by atoms with Crippen molar-refractivity contribution in [2.24, 2.45) is 7.05 Å². The Bertz CT molecular complexity index is 1030. The number of carbonyl (C=O) groups is 1. The Hall–Kier alpha value is -3.05. The number of carbonyl (C=O) groups excluding carboxylic acids is 1. The largest absolute Gasteiger partial charge is 0.339 e. The zero-order valence-electron chi connectivity index (χ0n) is 15.8. The fourth-order valence-corrected chi connectivity index (χ4v) is 4.42. The van der Waals surface area contributed by atoms with E-state index in [0.717, 1.165) is 0 Å². The van der Waals surface area contributed by atoms with Gasteiger partial charge in [0, 0.05) is 57.6 Å². The van der Waals surface area contributed by atoms with E-state index in [2.05, 4.69) is 4.98 Å². The monoisotopic (exact) mass is 419 g/mol. The lowest BCUT2D eigenvalue weighted by Crippen LogP contribution is -2.36. The number of nitrogens with zero attached hydrogens (tertiary/aromatic N) is 5. The van der Waals surface area contributed by atoms with Crippen molar-refractivity contribution in [1.29, 1.82) is 0 Å². The van der Waals surface area contributed by atoms with E-state index in [-0.39, 0.29) is 29.7 Å². The Kier molecular flexibility index (Phi) is 6.09. The van der Waals surface area contributed by atoms with Crippen LogP contribution in [-0.4, -0.2) is 64.2 Å². The minimum absolute atomic E-state index is 0.00200. The van der Waals surface area contributed by atoms with Crippen molar-refractivity contribution in [1.82, 2.24) is 18.8 Å². The number of sulfonamides is 1. The second-order valence-electron chi connectivity index (χ2n) is 6.64. The summed E-state index contributed by atoms with van der Waals surface area (Å²) in [5.41, 5.74) is 0.647. The molecular weight excluding hydrogens is 398 g/mol. The summed E-state index contributed by atoms with van der Waals surface area (Å²) in [7, 11) is -1.99. The molecule has 0 bridgehead atoms. The van der Waals surface area contributed by atoms with Gasteiger partial charge in [-0.1, -0.05) is 0 Å². The molecule has 154 valence electrons. The van der Waals surface area contributed by atoms with Crippen LogP contribution in [0.25, 0.3) is 6.08 Å². The summed E-state index contributed by atoms with van der Waals surface area (Å²) in [6.07, 6.45) is 6.38. The number of hydrogen-bond acceptors (Lipinski definition) is 6. The molecule has 29 heavy (non-hydrogen) atoms. The Morgan fingerprint density at radius 3 is 2.52 bits per heavy atom. The molecule has 11 heteroatoms. The van der Waals surface area contributed by atoms with E-state index >= 15 is 0 Å². The quantitative estimate of drug-likeness (QED) is 0.409. The topological polar surface area (TPSA) is 119 Å². The fourth-order valence-electron chi connectivity index (χ4n) is 2.99. The van der Waals surface area contributed by atoms with Crippen LogP contribution in [0.3, 0.4) is 0 Å². The van der Waals surface area contributed by atoms with E-state index in [1.54, 1.807) is 34.7 Å². The number of aromatic nitrogens is 2. The lowest BCUT2D eigenvalue weighted by molar-refractivity contribution is -0.384. The lowest BCUT2D eigenvalue weighted by Gasteiger charge is -2.20. The normalized spacial score (nSPS) is 16.1. The Labute approximate surface area is 168 Å². The molecule has 0 saturated carbocycles. The van der Waals surface area contributed by atoms with Crippen LogP contribution in [0.4, 0.5) is 5.69 Å². The molecule has 0 N–H and O–H groups in total. The maximum Gasteiger partial charge on any atom is 0.269 e. The van der Waals surface area contributed by atoms with Crippen LogP contribution in [-0.2, 0) is 21.9 Å². The van der Waals surface area contributed by atoms with Crippen LogP contribution < -0.4 is 0 Å². The first-order valence-electron chi connectivity index (χ1n) is 8.97. The van der Waals surface area contributed by atoms with E-state index < -0.39 is 14.9 Å². The molecule has 1 aromatic heterocycles. The average molecular weight is 419 g/mol. The van der Waals surface area contributed by atoms with Crippen molar-refractivity contribution < 1.29 is 18.1 Å². The number of non-ortho nitro benzene ring substituents is 1. The molecule has 3 rings (SSSR count). The minimum Gasteiger partial charge on any atom is -0.339 e. The van der Waals surface area contributed by atoms with Crippen LogP contribution in [0, 0.1) is 10.1 Å². The lowest BCUT2D eigenvalue weighted by atomic mass is 10.2. The maximum absolute atomic E-state index is 12.7. The molecule has 0 atom stereocenters. The number of nitro groups is 1. The number of benzene rings is 1. The Morgan fingerprint density at radius 2 is 1.90 bits per heavy atom. The summed E-state index contributed by atoms with van der Waals surface area (Å²) in [5.74, 6) is -0.236. The summed E-state index contributed by atoms with van der Waals surface area (Å²) in [6, 6.07) is 5.86. The highest BCUT2D eigenvalue weighted by Crippen LogP contribution is 2.17. The number of aryl methyl sites for hydroxylation is 1. The number of nitro benzene ring substituents is 1. The van der Waals surface area contributed by atoms with Gasteiger partial charge in [0.2, 0.25) is 5.91 Å². The third kappa shape index (κ3) is 4.87. The van der Waals surface area contributed by atoms with Gasteiger partial charge in [-0.05, 0) is 30.2 Å². The Morgan fingerprint density at radius 1 is 1.17 bits per heavy atom. The molecular formula is C18H21N5O5S. The van der Waals surface area contributed by atoms with Crippen molar-refractivity contribution in [3.63, 3.8) is 0 Å². The molecule has 10 nitrogen and oxygen atoms in total. The van der Waals surface area contributed by atoms with Crippen molar-refractivity contribution >= 4 is 27.7 Å².